The minimum absolute atomic E-state index is 0.104. The maximum absolute atomic E-state index is 13.0. The second-order valence-corrected chi connectivity index (χ2v) is 16.6. The van der Waals surface area contributed by atoms with Gasteiger partial charge in [-0.15, -0.1) is 0 Å². The third-order valence-electron chi connectivity index (χ3n) is 12.5. The van der Waals surface area contributed by atoms with Crippen molar-refractivity contribution < 1.29 is 9.15 Å². The predicted octanol–water partition coefficient (Wildman–Crippen LogP) is 5.64. The molecule has 0 amide bonds. The Hall–Kier alpha value is -6.62. The molecule has 0 radical (unpaired) electrons. The predicted molar refractivity (Wildman–Crippen MR) is 242 cm³/mol. The summed E-state index contributed by atoms with van der Waals surface area (Å²) < 4.78 is 16.1. The van der Waals surface area contributed by atoms with Crippen LogP contribution in [-0.4, -0.2) is 118 Å². The van der Waals surface area contributed by atoms with E-state index in [0.717, 1.165) is 118 Å². The van der Waals surface area contributed by atoms with E-state index in [9.17, 15) is 9.59 Å². The molecule has 16 nitrogen and oxygen atoms in total. The van der Waals surface area contributed by atoms with Crippen LogP contribution in [0, 0.1) is 20.8 Å². The van der Waals surface area contributed by atoms with Gasteiger partial charge in [-0.25, -0.2) is 19.5 Å². The van der Waals surface area contributed by atoms with Gasteiger partial charge >= 0.3 is 0 Å². The zero-order valence-corrected chi connectivity index (χ0v) is 36.1. The van der Waals surface area contributed by atoms with Gasteiger partial charge in [-0.05, 0) is 75.6 Å². The number of benzene rings is 1. The van der Waals surface area contributed by atoms with Crippen LogP contribution in [0.1, 0.15) is 49.2 Å². The first-order valence-corrected chi connectivity index (χ1v) is 21.8. The van der Waals surface area contributed by atoms with E-state index in [1.807, 2.05) is 63.5 Å². The van der Waals surface area contributed by atoms with Crippen molar-refractivity contribution in [2.24, 2.45) is 0 Å². The summed E-state index contributed by atoms with van der Waals surface area (Å²) in [6.45, 7) is 16.6. The highest BCUT2D eigenvalue weighted by Crippen LogP contribution is 2.27. The highest BCUT2D eigenvalue weighted by molar-refractivity contribution is 5.79. The summed E-state index contributed by atoms with van der Waals surface area (Å²) >= 11 is 0. The molecule has 16 heteroatoms. The number of nitrogens with zero attached hydrogens (tertiary/aromatic N) is 12. The van der Waals surface area contributed by atoms with Gasteiger partial charge in [0.25, 0.3) is 11.1 Å². The SMILES string of the molecule is CCN1CC=C(c2cn3c(=O)cc(-c4ccc5nc(C)oc5c4)nc3cn2)CC1.Cc1cn2nc(-c3cc(=O)n4cc(N5CCC(N6CCOCC6)CC5)ccc4n3)cc2c(C)n1. The number of aromatic nitrogens is 9. The van der Waals surface area contributed by atoms with E-state index in [4.69, 9.17) is 14.1 Å². The lowest BCUT2D eigenvalue weighted by molar-refractivity contribution is 0.0115. The molecule has 7 aromatic heterocycles. The first-order chi connectivity index (χ1) is 30.6. The van der Waals surface area contributed by atoms with Crippen molar-refractivity contribution in [2.75, 3.05) is 63.9 Å². The lowest BCUT2D eigenvalue weighted by Crippen LogP contribution is -2.49. The number of hydrogen-bond acceptors (Lipinski definition) is 13. The molecular weight excluding hydrogens is 797 g/mol. The van der Waals surface area contributed by atoms with Crippen molar-refractivity contribution in [1.29, 1.82) is 0 Å². The highest BCUT2D eigenvalue weighted by atomic mass is 16.5. The number of anilines is 1. The number of morpholine rings is 1. The quantitative estimate of drug-likeness (QED) is 0.203. The molecule has 11 rings (SSSR count). The van der Waals surface area contributed by atoms with Gasteiger partial charge < -0.3 is 14.1 Å². The third-order valence-corrected chi connectivity index (χ3v) is 12.5. The number of oxazole rings is 1. The molecule has 2 saturated heterocycles. The number of aryl methyl sites for hydroxylation is 3. The Morgan fingerprint density at radius 2 is 1.52 bits per heavy atom. The van der Waals surface area contributed by atoms with Crippen LogP contribution in [0.5, 0.6) is 0 Å². The number of ether oxygens (including phenoxy) is 1. The average molecular weight is 847 g/mol. The van der Waals surface area contributed by atoms with Gasteiger partial charge in [0.1, 0.15) is 16.9 Å². The van der Waals surface area contributed by atoms with Crippen LogP contribution in [0.15, 0.2) is 93.4 Å². The Morgan fingerprint density at radius 1 is 0.746 bits per heavy atom. The molecule has 0 unspecified atom stereocenters. The minimum atomic E-state index is -0.130. The van der Waals surface area contributed by atoms with Crippen molar-refractivity contribution in [3.05, 3.63) is 123 Å². The smallest absolute Gasteiger partial charge is 0.258 e. The number of hydrogen-bond donors (Lipinski definition) is 0. The first kappa shape index (κ1) is 40.5. The standard InChI is InChI=1S/C25H29N7O2.C22H21N5O2/c1-17-15-32-23(18(2)26-17)13-22(28-32)21-14-25(33)31-16-20(3-4-24(31)27-21)29-7-5-19(6-8-29)30-9-11-34-12-10-30;1-3-26-8-6-15(7-9-26)19-13-27-21(12-23-19)25-18(11-22(27)28)16-4-5-17-20(10-16)29-14(2)24-17/h3-4,13-16,19H,5-12H2,1-2H3;4-6,10-13H,3,7-9H2,1-2H3. The molecule has 63 heavy (non-hydrogen) atoms. The molecule has 8 aromatic rings. The van der Waals surface area contributed by atoms with Crippen LogP contribution < -0.4 is 16.0 Å². The molecule has 0 aliphatic carbocycles. The summed E-state index contributed by atoms with van der Waals surface area (Å²) in [6.07, 6.45) is 12.7. The highest BCUT2D eigenvalue weighted by Gasteiger charge is 2.26. The summed E-state index contributed by atoms with van der Waals surface area (Å²) in [6, 6.07) is 15.3. The summed E-state index contributed by atoms with van der Waals surface area (Å²) in [5, 5.41) is 4.64. The minimum Gasteiger partial charge on any atom is -0.441 e. The fourth-order valence-corrected chi connectivity index (χ4v) is 9.01. The fraction of sp³-hybridized carbons (Fsp3) is 0.362. The van der Waals surface area contributed by atoms with Crippen LogP contribution in [-0.2, 0) is 4.74 Å². The lowest BCUT2D eigenvalue weighted by Gasteiger charge is -2.40. The van der Waals surface area contributed by atoms with Gasteiger partial charge in [0.15, 0.2) is 17.1 Å². The number of pyridine rings is 1. The number of likely N-dealkylation sites (N-methyl/N-ethyl adjacent to an activating group) is 1. The summed E-state index contributed by atoms with van der Waals surface area (Å²) in [4.78, 5) is 55.9. The zero-order chi connectivity index (χ0) is 43.2. The monoisotopic (exact) mass is 846 g/mol. The van der Waals surface area contributed by atoms with E-state index in [-0.39, 0.29) is 11.1 Å². The van der Waals surface area contributed by atoms with Gasteiger partial charge in [0.05, 0.1) is 65.3 Å². The molecule has 0 spiro atoms. The van der Waals surface area contributed by atoms with Gasteiger partial charge in [-0.2, -0.15) is 5.10 Å². The van der Waals surface area contributed by atoms with Crippen LogP contribution in [0.4, 0.5) is 5.69 Å². The van der Waals surface area contributed by atoms with Crippen LogP contribution >= 0.6 is 0 Å². The molecule has 2 fully saturated rings. The second-order valence-electron chi connectivity index (χ2n) is 16.6. The van der Waals surface area contributed by atoms with Crippen molar-refractivity contribution >= 4 is 39.2 Å². The van der Waals surface area contributed by atoms with Crippen LogP contribution in [0.2, 0.25) is 0 Å². The second kappa shape index (κ2) is 16.9. The lowest BCUT2D eigenvalue weighted by atomic mass is 10.0. The zero-order valence-electron chi connectivity index (χ0n) is 36.1. The van der Waals surface area contributed by atoms with E-state index < -0.39 is 0 Å². The molecule has 1 aromatic carbocycles. The Balaban J connectivity index is 0.000000152. The number of fused-ring (bicyclic) bond motifs is 4. The van der Waals surface area contributed by atoms with Crippen molar-refractivity contribution in [3.8, 4) is 22.6 Å². The van der Waals surface area contributed by atoms with Crippen LogP contribution in [0.3, 0.4) is 0 Å². The molecule has 322 valence electrons. The maximum atomic E-state index is 13.0. The number of piperidine rings is 1. The Labute approximate surface area is 363 Å². The first-order valence-electron chi connectivity index (χ1n) is 21.8. The van der Waals surface area contributed by atoms with Gasteiger partial charge in [0, 0.05) is 82.3 Å². The summed E-state index contributed by atoms with van der Waals surface area (Å²) in [7, 11) is 0. The molecule has 0 atom stereocenters. The van der Waals surface area contributed by atoms with E-state index in [0.29, 0.717) is 45.9 Å². The van der Waals surface area contributed by atoms with E-state index >= 15 is 0 Å². The summed E-state index contributed by atoms with van der Waals surface area (Å²) in [5.74, 6) is 0.611. The topological polar surface area (TPSA) is 157 Å². The summed E-state index contributed by atoms with van der Waals surface area (Å²) in [5.41, 5.74) is 10.8. The maximum Gasteiger partial charge on any atom is 0.258 e. The van der Waals surface area contributed by atoms with E-state index in [1.54, 1.807) is 37.8 Å². The van der Waals surface area contributed by atoms with Crippen molar-refractivity contribution in [2.45, 2.75) is 53.0 Å². The third kappa shape index (κ3) is 8.24. The molecular formula is C47H50N12O4. The normalized spacial score (nSPS) is 16.8. The van der Waals surface area contributed by atoms with Gasteiger partial charge in [-0.3, -0.25) is 38.2 Å². The van der Waals surface area contributed by atoms with Crippen LogP contribution in [0.25, 0.3) is 56.1 Å². The van der Waals surface area contributed by atoms with Gasteiger partial charge in [0.2, 0.25) is 0 Å². The Bertz CT molecular complexity index is 3150. The molecule has 0 bridgehead atoms. The number of rotatable bonds is 6. The van der Waals surface area contributed by atoms with Crippen molar-refractivity contribution in [3.63, 3.8) is 0 Å². The van der Waals surface area contributed by atoms with Crippen molar-refractivity contribution in [1.82, 2.24) is 53.1 Å². The van der Waals surface area contributed by atoms with E-state index in [1.165, 1.54) is 5.57 Å². The van der Waals surface area contributed by atoms with E-state index in [2.05, 4.69) is 58.8 Å². The molecule has 3 aliphatic heterocycles. The molecule has 3 aliphatic rings. The molecule has 10 heterocycles. The largest absolute Gasteiger partial charge is 0.441 e. The molecule has 0 saturated carbocycles. The Morgan fingerprint density at radius 3 is 2.30 bits per heavy atom. The average Bonchev–Trinajstić information content (AvgIpc) is 3.92. The fourth-order valence-electron chi connectivity index (χ4n) is 9.01. The van der Waals surface area contributed by atoms with Gasteiger partial charge in [-0.1, -0.05) is 19.1 Å². The molecule has 0 N–H and O–H groups in total. The Kier molecular flexibility index (Phi) is 10.9.